The molecule has 1 aromatic heterocycles. The highest BCUT2D eigenvalue weighted by atomic mass is 15.1. The van der Waals surface area contributed by atoms with E-state index in [2.05, 4.69) is 58.4 Å². The van der Waals surface area contributed by atoms with Gasteiger partial charge in [-0.25, -0.2) is 0 Å². The number of pyridine rings is 1. The molecule has 0 amide bonds. The molecule has 1 aliphatic rings. The van der Waals surface area contributed by atoms with E-state index in [1.54, 1.807) is 0 Å². The normalized spacial score (nSPS) is 14.3. The summed E-state index contributed by atoms with van der Waals surface area (Å²) in [6.07, 6.45) is 3.11. The fourth-order valence-corrected chi connectivity index (χ4v) is 2.95. The Morgan fingerprint density at radius 2 is 1.70 bits per heavy atom. The van der Waals surface area contributed by atoms with Crippen LogP contribution in [0.3, 0.4) is 0 Å². The van der Waals surface area contributed by atoms with Crippen LogP contribution in [0.2, 0.25) is 0 Å². The fourth-order valence-electron chi connectivity index (χ4n) is 2.95. The van der Waals surface area contributed by atoms with E-state index < -0.39 is 0 Å². The van der Waals surface area contributed by atoms with Gasteiger partial charge in [-0.1, -0.05) is 42.5 Å². The van der Waals surface area contributed by atoms with Crippen LogP contribution in [0.1, 0.15) is 11.1 Å². The van der Waals surface area contributed by atoms with Crippen LogP contribution in [-0.2, 0) is 13.0 Å². The summed E-state index contributed by atoms with van der Waals surface area (Å²) in [6.45, 7) is 2.05. The molecule has 0 spiro atoms. The van der Waals surface area contributed by atoms with Crippen molar-refractivity contribution in [2.24, 2.45) is 0 Å². The maximum atomic E-state index is 4.57. The Morgan fingerprint density at radius 3 is 2.65 bits per heavy atom. The number of hydrogen-bond acceptors (Lipinski definition) is 2. The summed E-state index contributed by atoms with van der Waals surface area (Å²) >= 11 is 0. The maximum Gasteiger partial charge on any atom is 0.0703 e. The molecule has 98 valence electrons. The minimum absolute atomic E-state index is 0.982. The molecule has 2 aromatic carbocycles. The van der Waals surface area contributed by atoms with E-state index >= 15 is 0 Å². The quantitative estimate of drug-likeness (QED) is 0.661. The Kier molecular flexibility index (Phi) is 2.66. The van der Waals surface area contributed by atoms with Crippen LogP contribution in [0.4, 0.5) is 5.69 Å². The highest BCUT2D eigenvalue weighted by Crippen LogP contribution is 2.26. The molecule has 2 heteroatoms. The first-order valence-electron chi connectivity index (χ1n) is 7.07. The second-order valence-electron chi connectivity index (χ2n) is 5.33. The van der Waals surface area contributed by atoms with Crippen molar-refractivity contribution in [3.8, 4) is 0 Å². The minimum Gasteiger partial charge on any atom is -0.366 e. The lowest BCUT2D eigenvalue weighted by molar-refractivity contribution is 0.731. The van der Waals surface area contributed by atoms with Gasteiger partial charge in [-0.05, 0) is 29.7 Å². The van der Waals surface area contributed by atoms with E-state index in [9.17, 15) is 0 Å². The summed E-state index contributed by atoms with van der Waals surface area (Å²) in [5.41, 5.74) is 5.20. The smallest absolute Gasteiger partial charge is 0.0703 e. The molecule has 0 aliphatic carbocycles. The van der Waals surface area contributed by atoms with Gasteiger partial charge in [0.05, 0.1) is 17.4 Å². The van der Waals surface area contributed by atoms with Gasteiger partial charge in [-0.3, -0.25) is 4.98 Å². The molecule has 3 aromatic rings. The average Bonchev–Trinajstić information content (AvgIpc) is 2.54. The summed E-state index contributed by atoms with van der Waals surface area (Å²) in [6, 6.07) is 19.3. The predicted octanol–water partition coefficient (Wildman–Crippen LogP) is 3.80. The van der Waals surface area contributed by atoms with Gasteiger partial charge in [0.1, 0.15) is 0 Å². The molecule has 2 heterocycles. The molecule has 0 fully saturated rings. The van der Waals surface area contributed by atoms with Gasteiger partial charge in [0.2, 0.25) is 0 Å². The predicted molar refractivity (Wildman–Crippen MR) is 82.9 cm³/mol. The number of para-hydroxylation sites is 1. The maximum absolute atomic E-state index is 4.57. The molecule has 1 aliphatic heterocycles. The highest BCUT2D eigenvalue weighted by molar-refractivity contribution is 5.81. The van der Waals surface area contributed by atoms with Crippen LogP contribution in [0, 0.1) is 0 Å². The number of fused-ring (bicyclic) bond motifs is 2. The van der Waals surface area contributed by atoms with E-state index in [1.807, 2.05) is 12.3 Å². The Balaban J connectivity index is 1.70. The van der Waals surface area contributed by atoms with Gasteiger partial charge >= 0.3 is 0 Å². The Bertz CT molecular complexity index is 764. The minimum atomic E-state index is 0.982. The van der Waals surface area contributed by atoms with Crippen LogP contribution >= 0.6 is 0 Å². The Morgan fingerprint density at radius 1 is 0.900 bits per heavy atom. The lowest BCUT2D eigenvalue weighted by atomic mass is 9.99. The molecule has 20 heavy (non-hydrogen) atoms. The van der Waals surface area contributed by atoms with E-state index in [0.29, 0.717) is 0 Å². The first-order valence-corrected chi connectivity index (χ1v) is 7.07. The lowest BCUT2D eigenvalue weighted by Gasteiger charge is -2.30. The van der Waals surface area contributed by atoms with Gasteiger partial charge in [0, 0.05) is 18.5 Å². The van der Waals surface area contributed by atoms with Gasteiger partial charge in [-0.2, -0.15) is 0 Å². The van der Waals surface area contributed by atoms with E-state index in [1.165, 1.54) is 22.2 Å². The Hall–Kier alpha value is -2.35. The summed E-state index contributed by atoms with van der Waals surface area (Å²) in [7, 11) is 0. The fraction of sp³-hybridized carbons (Fsp3) is 0.167. The average molecular weight is 260 g/mol. The van der Waals surface area contributed by atoms with Crippen LogP contribution in [0.5, 0.6) is 0 Å². The number of rotatable bonds is 1. The van der Waals surface area contributed by atoms with Gasteiger partial charge < -0.3 is 4.90 Å². The van der Waals surface area contributed by atoms with Crippen molar-refractivity contribution in [3.63, 3.8) is 0 Å². The monoisotopic (exact) mass is 260 g/mol. The van der Waals surface area contributed by atoms with E-state index in [-0.39, 0.29) is 0 Å². The Labute approximate surface area is 118 Å². The van der Waals surface area contributed by atoms with Gasteiger partial charge in [-0.15, -0.1) is 0 Å². The first kappa shape index (κ1) is 11.5. The van der Waals surface area contributed by atoms with Crippen molar-refractivity contribution in [1.82, 2.24) is 4.98 Å². The molecule has 0 saturated carbocycles. The van der Waals surface area contributed by atoms with Crippen LogP contribution in [0.15, 0.2) is 60.8 Å². The zero-order chi connectivity index (χ0) is 13.4. The number of hydrogen-bond donors (Lipinski definition) is 0. The molecule has 2 nitrogen and oxygen atoms in total. The molecular weight excluding hydrogens is 244 g/mol. The number of nitrogens with zero attached hydrogens (tertiary/aromatic N) is 2. The van der Waals surface area contributed by atoms with Crippen molar-refractivity contribution in [2.75, 3.05) is 11.4 Å². The number of aromatic nitrogens is 1. The molecule has 0 bridgehead atoms. The van der Waals surface area contributed by atoms with Gasteiger partial charge in [0.25, 0.3) is 0 Å². The van der Waals surface area contributed by atoms with Crippen molar-refractivity contribution < 1.29 is 0 Å². The van der Waals surface area contributed by atoms with E-state index in [4.69, 9.17) is 0 Å². The molecule has 0 atom stereocenters. The number of anilines is 1. The second kappa shape index (κ2) is 4.64. The van der Waals surface area contributed by atoms with Crippen LogP contribution < -0.4 is 4.90 Å². The van der Waals surface area contributed by atoms with E-state index in [0.717, 1.165) is 25.0 Å². The summed E-state index contributed by atoms with van der Waals surface area (Å²) in [5.74, 6) is 0. The standard InChI is InChI=1S/C18H16N2/c1-2-7-16-13-20(10-9-14(16)5-1)17-11-15-6-3-4-8-18(15)19-12-17/h1-8,11-12H,9-10,13H2. The number of benzene rings is 2. The summed E-state index contributed by atoms with van der Waals surface area (Å²) in [4.78, 5) is 6.99. The molecule has 0 saturated heterocycles. The molecular formula is C18H16N2. The zero-order valence-corrected chi connectivity index (χ0v) is 11.3. The third-order valence-corrected chi connectivity index (χ3v) is 4.07. The summed E-state index contributed by atoms with van der Waals surface area (Å²) in [5, 5.41) is 1.21. The van der Waals surface area contributed by atoms with Crippen LogP contribution in [-0.4, -0.2) is 11.5 Å². The highest BCUT2D eigenvalue weighted by Gasteiger charge is 2.16. The largest absolute Gasteiger partial charge is 0.366 e. The molecule has 0 radical (unpaired) electrons. The molecule has 4 rings (SSSR count). The lowest BCUT2D eigenvalue weighted by Crippen LogP contribution is -2.30. The second-order valence-corrected chi connectivity index (χ2v) is 5.33. The van der Waals surface area contributed by atoms with Crippen LogP contribution in [0.25, 0.3) is 10.9 Å². The van der Waals surface area contributed by atoms with Crippen molar-refractivity contribution >= 4 is 16.6 Å². The molecule has 0 N–H and O–H groups in total. The van der Waals surface area contributed by atoms with Gasteiger partial charge in [0.15, 0.2) is 0 Å². The van der Waals surface area contributed by atoms with Crippen molar-refractivity contribution in [1.29, 1.82) is 0 Å². The molecule has 0 unspecified atom stereocenters. The zero-order valence-electron chi connectivity index (χ0n) is 11.3. The summed E-state index contributed by atoms with van der Waals surface area (Å²) < 4.78 is 0. The SMILES string of the molecule is c1ccc2c(c1)CCN(c1cnc3ccccc3c1)C2. The van der Waals surface area contributed by atoms with Crippen molar-refractivity contribution in [2.45, 2.75) is 13.0 Å². The third kappa shape index (κ3) is 1.94. The van der Waals surface area contributed by atoms with Crippen molar-refractivity contribution in [3.05, 3.63) is 71.9 Å². The third-order valence-electron chi connectivity index (χ3n) is 4.07. The first-order chi connectivity index (χ1) is 9.90. The topological polar surface area (TPSA) is 16.1 Å².